The van der Waals surface area contributed by atoms with Crippen molar-refractivity contribution in [1.82, 2.24) is 0 Å². The van der Waals surface area contributed by atoms with Gasteiger partial charge in [0.2, 0.25) is 0 Å². The summed E-state index contributed by atoms with van der Waals surface area (Å²) in [6.45, 7) is 0. The molecule has 0 N–H and O–H groups in total. The van der Waals surface area contributed by atoms with E-state index in [1.165, 1.54) is 0 Å². The van der Waals surface area contributed by atoms with Crippen molar-refractivity contribution in [3.05, 3.63) is 0 Å². The van der Waals surface area contributed by atoms with Crippen molar-refractivity contribution in [2.24, 2.45) is 0 Å². The van der Waals surface area contributed by atoms with Crippen molar-refractivity contribution in [2.75, 3.05) is 0 Å². The summed E-state index contributed by atoms with van der Waals surface area (Å²) in [5.41, 5.74) is 0. The van der Waals surface area contributed by atoms with Crippen molar-refractivity contribution in [3.63, 3.8) is 0 Å². The predicted octanol–water partition coefficient (Wildman–Crippen LogP) is -4.98. The Bertz CT molecular complexity index is 45.0. The summed E-state index contributed by atoms with van der Waals surface area (Å²) in [5, 5.41) is 0. The van der Waals surface area contributed by atoms with Crippen LogP contribution >= 0.6 is 23.0 Å². The monoisotopic (exact) mass is 186 g/mol. The third-order valence-electron chi connectivity index (χ3n) is 0.0680. The SMILES string of the molecule is S=C([S-])S[S-].[Na+].[Na+]. The smallest absolute Gasteiger partial charge is 0.715 e. The Hall–Kier alpha value is 3.01. The summed E-state index contributed by atoms with van der Waals surface area (Å²) in [7, 11) is 1.01. The van der Waals surface area contributed by atoms with E-state index in [1.54, 1.807) is 0 Å². The normalized spacial score (nSPS) is 5.29. The van der Waals surface area contributed by atoms with Gasteiger partial charge >= 0.3 is 59.1 Å². The second kappa shape index (κ2) is 11.8. The van der Waals surface area contributed by atoms with Gasteiger partial charge < -0.3 is 47.3 Å². The first-order valence-electron chi connectivity index (χ1n) is 0.779. The van der Waals surface area contributed by atoms with Gasteiger partial charge in [-0.1, -0.05) is 0 Å². The fourth-order valence-electron chi connectivity index (χ4n) is 0. The van der Waals surface area contributed by atoms with Gasteiger partial charge in [-0.2, -0.15) is 0 Å². The number of thiocarbonyl (C=S) groups is 1. The summed E-state index contributed by atoms with van der Waals surface area (Å²) in [6.07, 6.45) is 0. The maximum Gasteiger partial charge on any atom is 1.00 e. The molecule has 0 aromatic rings. The van der Waals surface area contributed by atoms with Crippen LogP contribution in [0.2, 0.25) is 0 Å². The number of hydrogen-bond acceptors (Lipinski definition) is 4. The Labute approximate surface area is 108 Å². The van der Waals surface area contributed by atoms with Gasteiger partial charge in [0.25, 0.3) is 0 Å². The zero-order chi connectivity index (χ0) is 4.28. The third kappa shape index (κ3) is 17.6. The number of rotatable bonds is 0. The second-order valence-corrected chi connectivity index (χ2v) is 3.00. The van der Waals surface area contributed by atoms with Crippen LogP contribution in [-0.2, 0) is 24.3 Å². The van der Waals surface area contributed by atoms with Crippen molar-refractivity contribution in [3.8, 4) is 0 Å². The van der Waals surface area contributed by atoms with E-state index < -0.39 is 0 Å². The van der Waals surface area contributed by atoms with Crippen LogP contribution in [0.4, 0.5) is 0 Å². The summed E-state index contributed by atoms with van der Waals surface area (Å²) < 4.78 is 0.403. The predicted molar refractivity (Wildman–Crippen MR) is 34.9 cm³/mol. The molecule has 30 valence electrons. The van der Waals surface area contributed by atoms with Gasteiger partial charge in [-0.3, -0.25) is 0 Å². The van der Waals surface area contributed by atoms with E-state index in [0.29, 0.717) is 3.53 Å². The molecule has 0 rings (SSSR count). The van der Waals surface area contributed by atoms with Crippen LogP contribution in [0, 0.1) is 0 Å². The molecule has 0 nitrogen and oxygen atoms in total. The van der Waals surface area contributed by atoms with E-state index in [0.717, 1.165) is 10.8 Å². The Kier molecular flexibility index (Phi) is 27.8. The average molecular weight is 186 g/mol. The fourth-order valence-corrected chi connectivity index (χ4v) is 0. The van der Waals surface area contributed by atoms with E-state index >= 15 is 0 Å². The Balaban J connectivity index is -0.0000000800. The van der Waals surface area contributed by atoms with Gasteiger partial charge in [-0.15, -0.1) is 3.53 Å². The average Bonchev–Trinajstić information content (AvgIpc) is 1.38. The van der Waals surface area contributed by atoms with Crippen molar-refractivity contribution >= 4 is 50.8 Å². The molecule has 0 bridgehead atoms. The first kappa shape index (κ1) is 16.5. The van der Waals surface area contributed by atoms with Gasteiger partial charge in [0.15, 0.2) is 0 Å². The van der Waals surface area contributed by atoms with Gasteiger partial charge in [-0.25, -0.2) is 0 Å². The Morgan fingerprint density at radius 1 is 1.43 bits per heavy atom. The van der Waals surface area contributed by atoms with Crippen molar-refractivity contribution in [2.45, 2.75) is 0 Å². The second-order valence-electron chi connectivity index (χ2n) is 0.333. The number of hydrogen-bond donors (Lipinski definition) is 0. The quantitative estimate of drug-likeness (QED) is 0.161. The third-order valence-corrected chi connectivity index (χ3v) is 1.84. The van der Waals surface area contributed by atoms with E-state index in [-0.39, 0.29) is 59.1 Å². The summed E-state index contributed by atoms with van der Waals surface area (Å²) in [6, 6.07) is 0. The standard InChI is InChI=1S/CH2S4.2Na/c2-1(3)5-4;;/h4H,(H,2,3);;/q;2*+1/p-2. The van der Waals surface area contributed by atoms with Crippen LogP contribution in [0.1, 0.15) is 0 Å². The molecule has 6 heteroatoms. The minimum atomic E-state index is 0. The molecule has 0 saturated carbocycles. The molecular weight excluding hydrogens is 186 g/mol. The molecule has 0 spiro atoms. The van der Waals surface area contributed by atoms with Crippen LogP contribution in [0.3, 0.4) is 0 Å². The van der Waals surface area contributed by atoms with Crippen LogP contribution < -0.4 is 59.1 Å². The Morgan fingerprint density at radius 2 is 1.57 bits per heavy atom. The first-order valence-corrected chi connectivity index (χ1v) is 3.34. The summed E-state index contributed by atoms with van der Waals surface area (Å²) >= 11 is 13.1. The van der Waals surface area contributed by atoms with Crippen LogP contribution in [0.5, 0.6) is 0 Å². The molecule has 0 radical (unpaired) electrons. The van der Waals surface area contributed by atoms with E-state index in [9.17, 15) is 0 Å². The molecular formula is CNa2S4. The van der Waals surface area contributed by atoms with Crippen molar-refractivity contribution < 1.29 is 59.1 Å². The Morgan fingerprint density at radius 3 is 1.57 bits per heavy atom. The maximum absolute atomic E-state index is 4.37. The van der Waals surface area contributed by atoms with Gasteiger partial charge in [0.1, 0.15) is 0 Å². The van der Waals surface area contributed by atoms with Crippen LogP contribution in [0.15, 0.2) is 0 Å². The van der Waals surface area contributed by atoms with E-state index in [2.05, 4.69) is 36.5 Å². The van der Waals surface area contributed by atoms with Crippen molar-refractivity contribution in [1.29, 1.82) is 0 Å². The molecule has 0 aromatic carbocycles. The molecule has 0 atom stereocenters. The largest absolute Gasteiger partial charge is 1.00 e. The zero-order valence-electron chi connectivity index (χ0n) is 4.13. The molecule has 0 saturated heterocycles. The zero-order valence-corrected chi connectivity index (χ0v) is 11.4. The van der Waals surface area contributed by atoms with E-state index in [1.807, 2.05) is 0 Å². The van der Waals surface area contributed by atoms with Gasteiger partial charge in [-0.05, 0) is 0 Å². The van der Waals surface area contributed by atoms with E-state index in [4.69, 9.17) is 0 Å². The fraction of sp³-hybridized carbons (Fsp3) is 0. The molecule has 0 unspecified atom stereocenters. The molecule has 0 amide bonds. The molecule has 7 heavy (non-hydrogen) atoms. The molecule has 0 aliphatic heterocycles. The molecule has 0 aliphatic rings. The first-order chi connectivity index (χ1) is 2.27. The molecule has 0 aromatic heterocycles. The molecule has 0 heterocycles. The molecule has 0 fully saturated rings. The van der Waals surface area contributed by atoms with Gasteiger partial charge in [0.05, 0.1) is 0 Å². The van der Waals surface area contributed by atoms with Gasteiger partial charge in [0, 0.05) is 0 Å². The minimum Gasteiger partial charge on any atom is -0.715 e. The van der Waals surface area contributed by atoms with Crippen LogP contribution in [-0.4, -0.2) is 3.53 Å². The minimum absolute atomic E-state index is 0. The topological polar surface area (TPSA) is 0 Å². The summed E-state index contributed by atoms with van der Waals surface area (Å²) in [4.78, 5) is 0. The molecule has 0 aliphatic carbocycles. The van der Waals surface area contributed by atoms with Crippen LogP contribution in [0.25, 0.3) is 0 Å². The maximum atomic E-state index is 4.37. The summed E-state index contributed by atoms with van der Waals surface area (Å²) in [5.74, 6) is 0.